The summed E-state index contributed by atoms with van der Waals surface area (Å²) in [4.78, 5) is 12.8. The zero-order chi connectivity index (χ0) is 18.9. The van der Waals surface area contributed by atoms with Crippen molar-refractivity contribution in [3.05, 3.63) is 58.9 Å². The van der Waals surface area contributed by atoms with Gasteiger partial charge in [0, 0.05) is 26.2 Å². The minimum atomic E-state index is -3.86. The van der Waals surface area contributed by atoms with Crippen molar-refractivity contribution in [1.82, 2.24) is 4.31 Å². The molecule has 1 aliphatic heterocycles. The first-order valence-electron chi connectivity index (χ1n) is 7.83. The minimum absolute atomic E-state index is 0.0270. The molecule has 0 atom stereocenters. The Morgan fingerprint density at radius 3 is 2.35 bits per heavy atom. The number of sulfonamides is 1. The first kappa shape index (κ1) is 18.6. The molecule has 1 N–H and O–H groups in total. The number of para-hydroxylation sites is 1. The first-order valence-corrected chi connectivity index (χ1v) is 9.65. The summed E-state index contributed by atoms with van der Waals surface area (Å²) < 4.78 is 40.7. The second kappa shape index (κ2) is 7.22. The number of rotatable bonds is 4. The predicted octanol–water partition coefficient (Wildman–Crippen LogP) is 2.69. The summed E-state index contributed by atoms with van der Waals surface area (Å²) in [5.74, 6) is -1.65. The number of hydrogen-bond donors (Lipinski definition) is 1. The average molecular weight is 399 g/mol. The van der Waals surface area contributed by atoms with Crippen molar-refractivity contribution in [1.29, 1.82) is 0 Å². The molecule has 1 saturated heterocycles. The van der Waals surface area contributed by atoms with Gasteiger partial charge in [-0.1, -0.05) is 23.7 Å². The lowest BCUT2D eigenvalue weighted by molar-refractivity contribution is 0.0697. The molecule has 1 heterocycles. The molecule has 0 amide bonds. The molecule has 1 fully saturated rings. The predicted molar refractivity (Wildman–Crippen MR) is 95.8 cm³/mol. The number of nitrogens with zero attached hydrogens (tertiary/aromatic N) is 2. The number of halogens is 2. The van der Waals surface area contributed by atoms with E-state index in [1.807, 2.05) is 0 Å². The topological polar surface area (TPSA) is 77.9 Å². The van der Waals surface area contributed by atoms with Gasteiger partial charge in [0.25, 0.3) is 0 Å². The van der Waals surface area contributed by atoms with Crippen LogP contribution in [0.1, 0.15) is 10.4 Å². The van der Waals surface area contributed by atoms with E-state index in [4.69, 9.17) is 16.7 Å². The summed E-state index contributed by atoms with van der Waals surface area (Å²) in [7, 11) is -3.86. The lowest BCUT2D eigenvalue weighted by Crippen LogP contribution is -2.48. The van der Waals surface area contributed by atoms with E-state index < -0.39 is 16.0 Å². The van der Waals surface area contributed by atoms with Crippen LogP contribution < -0.4 is 4.90 Å². The van der Waals surface area contributed by atoms with Crippen LogP contribution >= 0.6 is 11.6 Å². The number of piperazine rings is 1. The van der Waals surface area contributed by atoms with Crippen molar-refractivity contribution in [2.75, 3.05) is 31.1 Å². The Bertz CT molecular complexity index is 944. The summed E-state index contributed by atoms with van der Waals surface area (Å²) in [6, 6.07) is 9.93. The number of carboxylic acid groups (broad SMARTS) is 1. The molecule has 138 valence electrons. The van der Waals surface area contributed by atoms with Crippen molar-refractivity contribution in [3.63, 3.8) is 0 Å². The maximum absolute atomic E-state index is 13.9. The molecule has 0 unspecified atom stereocenters. The Hall–Kier alpha value is -2.16. The Balaban J connectivity index is 1.79. The Morgan fingerprint density at radius 1 is 1.08 bits per heavy atom. The van der Waals surface area contributed by atoms with Gasteiger partial charge < -0.3 is 10.0 Å². The lowest BCUT2D eigenvalue weighted by atomic mass is 10.2. The van der Waals surface area contributed by atoms with Crippen molar-refractivity contribution in [2.45, 2.75) is 4.90 Å². The van der Waals surface area contributed by atoms with Gasteiger partial charge in [-0.25, -0.2) is 17.6 Å². The van der Waals surface area contributed by atoms with E-state index in [0.717, 1.165) is 6.07 Å². The first-order chi connectivity index (χ1) is 12.3. The van der Waals surface area contributed by atoms with Crippen LogP contribution in [-0.4, -0.2) is 50.0 Å². The normalized spacial score (nSPS) is 15.8. The fourth-order valence-electron chi connectivity index (χ4n) is 2.86. The van der Waals surface area contributed by atoms with E-state index in [0.29, 0.717) is 18.8 Å². The fourth-order valence-corrected chi connectivity index (χ4v) is 4.50. The van der Waals surface area contributed by atoms with Crippen LogP contribution in [0.2, 0.25) is 5.02 Å². The van der Waals surface area contributed by atoms with Gasteiger partial charge in [0.05, 0.1) is 21.2 Å². The highest BCUT2D eigenvalue weighted by Crippen LogP contribution is 2.25. The van der Waals surface area contributed by atoms with Gasteiger partial charge >= 0.3 is 5.97 Å². The molecular weight excluding hydrogens is 383 g/mol. The molecule has 0 saturated carbocycles. The second-order valence-electron chi connectivity index (χ2n) is 5.79. The van der Waals surface area contributed by atoms with Crippen molar-refractivity contribution < 1.29 is 22.7 Å². The summed E-state index contributed by atoms with van der Waals surface area (Å²) in [6.45, 7) is 1.00. The molecule has 0 spiro atoms. The van der Waals surface area contributed by atoms with Gasteiger partial charge in [0.2, 0.25) is 10.0 Å². The third-order valence-corrected chi connectivity index (χ3v) is 6.46. The second-order valence-corrected chi connectivity index (χ2v) is 8.13. The number of hydrogen-bond acceptors (Lipinski definition) is 4. The van der Waals surface area contributed by atoms with Gasteiger partial charge in [-0.15, -0.1) is 0 Å². The quantitative estimate of drug-likeness (QED) is 0.856. The van der Waals surface area contributed by atoms with Crippen LogP contribution in [0.25, 0.3) is 0 Å². The molecule has 9 heteroatoms. The number of benzene rings is 2. The molecule has 0 bridgehead atoms. The number of anilines is 1. The molecule has 1 aliphatic rings. The Kier molecular flexibility index (Phi) is 5.17. The number of carbonyl (C=O) groups is 1. The summed E-state index contributed by atoms with van der Waals surface area (Å²) in [5, 5.41) is 9.09. The molecule has 2 aromatic rings. The molecule has 6 nitrogen and oxygen atoms in total. The Morgan fingerprint density at radius 2 is 1.73 bits per heavy atom. The standard InChI is InChI=1S/C17H16ClFN2O4S/c18-14-6-5-12(11-13(14)17(22)23)26(24,25)21-9-7-20(8-10-21)16-4-2-1-3-15(16)19/h1-6,11H,7-10H2,(H,22,23). The largest absolute Gasteiger partial charge is 0.478 e. The third-order valence-electron chi connectivity index (χ3n) is 4.24. The van der Waals surface area contributed by atoms with Crippen LogP contribution in [0.4, 0.5) is 10.1 Å². The maximum atomic E-state index is 13.9. The van der Waals surface area contributed by atoms with Crippen LogP contribution in [0.15, 0.2) is 47.4 Å². The highest BCUT2D eigenvalue weighted by molar-refractivity contribution is 7.89. The highest BCUT2D eigenvalue weighted by atomic mass is 35.5. The molecule has 2 aromatic carbocycles. The number of carboxylic acids is 1. The zero-order valence-corrected chi connectivity index (χ0v) is 15.2. The van der Waals surface area contributed by atoms with Crippen LogP contribution in [0.3, 0.4) is 0 Å². The van der Waals surface area contributed by atoms with Crippen LogP contribution in [0.5, 0.6) is 0 Å². The highest BCUT2D eigenvalue weighted by Gasteiger charge is 2.30. The van der Waals surface area contributed by atoms with Gasteiger partial charge in [0.1, 0.15) is 5.82 Å². The van der Waals surface area contributed by atoms with Crippen LogP contribution in [-0.2, 0) is 10.0 Å². The van der Waals surface area contributed by atoms with Gasteiger partial charge in [-0.3, -0.25) is 0 Å². The van der Waals surface area contributed by atoms with E-state index >= 15 is 0 Å². The minimum Gasteiger partial charge on any atom is -0.478 e. The summed E-state index contributed by atoms with van der Waals surface area (Å²) in [5.41, 5.74) is 0.168. The molecule has 26 heavy (non-hydrogen) atoms. The molecular formula is C17H16ClFN2O4S. The van der Waals surface area contributed by atoms with E-state index in [1.165, 1.54) is 22.5 Å². The molecule has 0 radical (unpaired) electrons. The monoisotopic (exact) mass is 398 g/mol. The summed E-state index contributed by atoms with van der Waals surface area (Å²) in [6.07, 6.45) is 0. The van der Waals surface area contributed by atoms with Gasteiger partial charge in [-0.2, -0.15) is 4.31 Å². The van der Waals surface area contributed by atoms with Crippen LogP contribution in [0, 0.1) is 5.82 Å². The number of aromatic carboxylic acids is 1. The molecule has 0 aliphatic carbocycles. The third kappa shape index (κ3) is 3.53. The average Bonchev–Trinajstić information content (AvgIpc) is 2.62. The van der Waals surface area contributed by atoms with Crippen molar-refractivity contribution >= 4 is 33.3 Å². The molecule has 3 rings (SSSR count). The van der Waals surface area contributed by atoms with Crippen molar-refractivity contribution in [3.8, 4) is 0 Å². The zero-order valence-electron chi connectivity index (χ0n) is 13.6. The van der Waals surface area contributed by atoms with Gasteiger partial charge in [-0.05, 0) is 30.3 Å². The SMILES string of the molecule is O=C(O)c1cc(S(=O)(=O)N2CCN(c3ccccc3F)CC2)ccc1Cl. The van der Waals surface area contributed by atoms with E-state index in [9.17, 15) is 17.6 Å². The smallest absolute Gasteiger partial charge is 0.337 e. The lowest BCUT2D eigenvalue weighted by Gasteiger charge is -2.35. The molecule has 0 aromatic heterocycles. The maximum Gasteiger partial charge on any atom is 0.337 e. The van der Waals surface area contributed by atoms with E-state index in [2.05, 4.69) is 0 Å². The Labute approximate surface area is 155 Å². The summed E-state index contributed by atoms with van der Waals surface area (Å²) >= 11 is 5.80. The van der Waals surface area contributed by atoms with Gasteiger partial charge in [0.15, 0.2) is 0 Å². The van der Waals surface area contributed by atoms with Crippen molar-refractivity contribution in [2.24, 2.45) is 0 Å². The van der Waals surface area contributed by atoms with E-state index in [1.54, 1.807) is 23.1 Å². The fraction of sp³-hybridized carbons (Fsp3) is 0.235. The van der Waals surface area contributed by atoms with E-state index in [-0.39, 0.29) is 34.4 Å².